The average molecular weight is 653 g/mol. The molecule has 0 saturated carbocycles. The second-order valence-electron chi connectivity index (χ2n) is 11.2. The summed E-state index contributed by atoms with van der Waals surface area (Å²) in [5.74, 6) is -0.810. The molecule has 0 heterocycles. The van der Waals surface area contributed by atoms with Crippen LogP contribution in [0.15, 0.2) is 53.6 Å². The van der Waals surface area contributed by atoms with Gasteiger partial charge in [-0.05, 0) is 78.3 Å². The van der Waals surface area contributed by atoms with Gasteiger partial charge < -0.3 is 24.4 Å². The Kier molecular flexibility index (Phi) is 13.1. The van der Waals surface area contributed by atoms with E-state index in [4.69, 9.17) is 25.8 Å². The lowest BCUT2D eigenvalue weighted by molar-refractivity contribution is -0.152. The quantitative estimate of drug-likeness (QED) is 0.0748. The molecule has 2 aromatic carbocycles. The Labute approximate surface area is 264 Å². The number of hydrogen-bond donors (Lipinski definition) is 1. The first kappa shape index (κ1) is 36.1. The summed E-state index contributed by atoms with van der Waals surface area (Å²) in [6.07, 6.45) is 0.0794. The molecule has 2 amide bonds. The van der Waals surface area contributed by atoms with Crippen LogP contribution in [0.4, 0.5) is 14.9 Å². The molecule has 0 aliphatic heterocycles. The Morgan fingerprint density at radius 2 is 1.81 bits per heavy atom. The second kappa shape index (κ2) is 15.6. The third kappa shape index (κ3) is 10.9. The van der Waals surface area contributed by atoms with Crippen LogP contribution in [0.1, 0.15) is 59.6 Å². The van der Waals surface area contributed by atoms with Gasteiger partial charge >= 0.3 is 12.1 Å². The number of anilines is 1. The van der Waals surface area contributed by atoms with Gasteiger partial charge in [-0.25, -0.2) is 9.18 Å². The number of esters is 1. The third-order valence-electron chi connectivity index (χ3n) is 5.96. The van der Waals surface area contributed by atoms with Crippen molar-refractivity contribution in [2.45, 2.75) is 71.5 Å². The van der Waals surface area contributed by atoms with Crippen LogP contribution in [0, 0.1) is 11.2 Å². The minimum Gasteiger partial charge on any atom is -0.465 e. The SMILES string of the molecule is C=C(OC(=P)c1cc(N(C=O)Cc2ccc(Cl)cc2)c(SC[C@@H](C)NC(=O)OC(C)(C)C)cc1F)C(C)(C)C(=O)OCC. The number of carbonyl (C=O) groups is 3. The van der Waals surface area contributed by atoms with Gasteiger partial charge in [-0.3, -0.25) is 9.59 Å². The number of ether oxygens (including phenoxy) is 3. The summed E-state index contributed by atoms with van der Waals surface area (Å²) < 4.78 is 31.8. The topological polar surface area (TPSA) is 94.2 Å². The molecule has 0 aliphatic carbocycles. The van der Waals surface area contributed by atoms with Gasteiger partial charge in [-0.15, -0.1) is 11.8 Å². The van der Waals surface area contributed by atoms with Crippen LogP contribution >= 0.6 is 32.2 Å². The standard InChI is InChI=1S/C31H39ClFN2O6PS/c1-9-39-28(37)31(7,8)20(3)40-27(42)23-14-25(35(18-36)16-21-10-12-22(32)13-11-21)26(15-24(23)33)43-17-19(2)34-29(38)41-30(4,5)6/h10-15,18-19,42H,3,9,16-17H2,1-2,4-8H3,(H,34,38)/t19-/m1/s1. The van der Waals surface area contributed by atoms with Gasteiger partial charge in [-0.1, -0.05) is 39.2 Å². The zero-order valence-electron chi connectivity index (χ0n) is 25.5. The normalized spacial score (nSPS) is 12.1. The molecule has 0 saturated heterocycles. The minimum absolute atomic E-state index is 0.000268. The number of benzene rings is 2. The maximum atomic E-state index is 15.6. The number of hydrogen-bond acceptors (Lipinski definition) is 7. The molecular formula is C31H39ClFN2O6PS. The van der Waals surface area contributed by atoms with Gasteiger partial charge in [0.15, 0.2) is 5.48 Å². The van der Waals surface area contributed by atoms with Gasteiger partial charge in [0.2, 0.25) is 6.41 Å². The smallest absolute Gasteiger partial charge is 0.407 e. The molecule has 0 aliphatic rings. The molecule has 0 spiro atoms. The van der Waals surface area contributed by atoms with E-state index in [0.717, 1.165) is 5.56 Å². The van der Waals surface area contributed by atoms with Gasteiger partial charge in [0, 0.05) is 21.7 Å². The van der Waals surface area contributed by atoms with Crippen LogP contribution in [-0.2, 0) is 30.3 Å². The number of rotatable bonds is 14. The lowest BCUT2D eigenvalue weighted by Gasteiger charge is -2.26. The van der Waals surface area contributed by atoms with E-state index in [2.05, 4.69) is 20.8 Å². The van der Waals surface area contributed by atoms with Crippen LogP contribution in [0.5, 0.6) is 0 Å². The van der Waals surface area contributed by atoms with Gasteiger partial charge in [-0.2, -0.15) is 0 Å². The molecule has 2 aromatic rings. The first-order valence-corrected chi connectivity index (χ1v) is 15.4. The second-order valence-corrected chi connectivity index (χ2v) is 13.2. The summed E-state index contributed by atoms with van der Waals surface area (Å²) in [7, 11) is 3.35. The molecular weight excluding hydrogens is 614 g/mol. The maximum absolute atomic E-state index is 15.6. The van der Waals surface area contributed by atoms with E-state index in [-0.39, 0.29) is 36.0 Å². The molecule has 1 atom stereocenters. The van der Waals surface area contributed by atoms with Crippen molar-refractivity contribution in [3.8, 4) is 0 Å². The highest BCUT2D eigenvalue weighted by Crippen LogP contribution is 2.36. The predicted molar refractivity (Wildman–Crippen MR) is 173 cm³/mol. The van der Waals surface area contributed by atoms with E-state index >= 15 is 4.39 Å². The van der Waals surface area contributed by atoms with Gasteiger partial charge in [0.05, 0.1) is 24.4 Å². The highest BCUT2D eigenvalue weighted by Gasteiger charge is 2.35. The van der Waals surface area contributed by atoms with Crippen molar-refractivity contribution in [1.82, 2.24) is 5.32 Å². The lowest BCUT2D eigenvalue weighted by Crippen LogP contribution is -2.38. The summed E-state index contributed by atoms with van der Waals surface area (Å²) >= 11 is 7.28. The van der Waals surface area contributed by atoms with E-state index in [0.29, 0.717) is 27.8 Å². The van der Waals surface area contributed by atoms with Crippen LogP contribution in [-0.4, -0.2) is 48.0 Å². The van der Waals surface area contributed by atoms with Crippen LogP contribution in [0.3, 0.4) is 0 Å². The Balaban J connectivity index is 2.41. The van der Waals surface area contributed by atoms with E-state index in [1.807, 2.05) is 0 Å². The minimum atomic E-state index is -1.22. The Morgan fingerprint density at radius 1 is 1.19 bits per heavy atom. The van der Waals surface area contributed by atoms with Crippen molar-refractivity contribution in [1.29, 1.82) is 0 Å². The fourth-order valence-electron chi connectivity index (χ4n) is 3.52. The fraction of sp³-hybridized carbons (Fsp3) is 0.419. The number of nitrogens with one attached hydrogen (secondary N) is 1. The van der Waals surface area contributed by atoms with Crippen molar-refractivity contribution in [3.05, 3.63) is 70.7 Å². The molecule has 0 bridgehead atoms. The molecule has 2 rings (SSSR count). The number of thioether (sulfide) groups is 1. The van der Waals surface area contributed by atoms with Crippen molar-refractivity contribution in [2.24, 2.45) is 5.41 Å². The number of carbonyl (C=O) groups excluding carboxylic acids is 3. The van der Waals surface area contributed by atoms with Gasteiger partial charge in [0.1, 0.15) is 22.6 Å². The van der Waals surface area contributed by atoms with Crippen LogP contribution < -0.4 is 10.2 Å². The third-order valence-corrected chi connectivity index (χ3v) is 7.88. The summed E-state index contributed by atoms with van der Waals surface area (Å²) in [6, 6.07) is 9.42. The summed E-state index contributed by atoms with van der Waals surface area (Å²) in [4.78, 5) is 38.9. The fourth-order valence-corrected chi connectivity index (χ4v) is 4.98. The van der Waals surface area contributed by atoms with Crippen molar-refractivity contribution in [3.63, 3.8) is 0 Å². The average Bonchev–Trinajstić information content (AvgIpc) is 2.90. The predicted octanol–water partition coefficient (Wildman–Crippen LogP) is 7.39. The Hall–Kier alpha value is -3.07. The monoisotopic (exact) mass is 652 g/mol. The molecule has 0 radical (unpaired) electrons. The van der Waals surface area contributed by atoms with Crippen molar-refractivity contribution < 1.29 is 33.0 Å². The molecule has 0 fully saturated rings. The first-order valence-electron chi connectivity index (χ1n) is 13.5. The molecule has 1 N–H and O–H groups in total. The molecule has 234 valence electrons. The lowest BCUT2D eigenvalue weighted by atomic mass is 9.91. The number of alkyl carbamates (subject to hydrolysis) is 1. The Morgan fingerprint density at radius 3 is 2.37 bits per heavy atom. The molecule has 0 aromatic heterocycles. The van der Waals surface area contributed by atoms with Crippen molar-refractivity contribution >= 4 is 61.9 Å². The molecule has 8 nitrogen and oxygen atoms in total. The zero-order chi connectivity index (χ0) is 32.5. The van der Waals surface area contributed by atoms with E-state index < -0.39 is 28.9 Å². The van der Waals surface area contributed by atoms with Gasteiger partial charge in [0.25, 0.3) is 0 Å². The van der Waals surface area contributed by atoms with E-state index in [1.54, 1.807) is 72.7 Å². The number of halogens is 2. The van der Waals surface area contributed by atoms with E-state index in [1.165, 1.54) is 28.8 Å². The van der Waals surface area contributed by atoms with E-state index in [9.17, 15) is 14.4 Å². The molecule has 0 unspecified atom stereocenters. The van der Waals surface area contributed by atoms with Crippen LogP contribution in [0.2, 0.25) is 5.02 Å². The summed E-state index contributed by atoms with van der Waals surface area (Å²) in [6.45, 7) is 16.2. The maximum Gasteiger partial charge on any atom is 0.407 e. The molecule has 43 heavy (non-hydrogen) atoms. The number of amides is 2. The summed E-state index contributed by atoms with van der Waals surface area (Å²) in [5, 5.41) is 3.31. The first-order chi connectivity index (χ1) is 20.0. The van der Waals surface area contributed by atoms with Crippen molar-refractivity contribution in [2.75, 3.05) is 17.3 Å². The highest BCUT2D eigenvalue weighted by molar-refractivity contribution is 7.99. The molecule has 12 heteroatoms. The summed E-state index contributed by atoms with van der Waals surface area (Å²) in [5.41, 5.74) is -0.733. The zero-order valence-corrected chi connectivity index (χ0v) is 28.1. The Bertz CT molecular complexity index is 1350. The number of nitrogens with zero attached hydrogens (tertiary/aromatic N) is 1. The highest BCUT2D eigenvalue weighted by atomic mass is 35.5. The van der Waals surface area contributed by atoms with Crippen LogP contribution in [0.25, 0.3) is 0 Å². The largest absolute Gasteiger partial charge is 0.465 e.